The molecule has 194 valence electrons. The number of rotatable bonds is 6. The zero-order valence-corrected chi connectivity index (χ0v) is 21.9. The highest BCUT2D eigenvalue weighted by Gasteiger charge is 2.34. The molecule has 1 amide bonds. The highest BCUT2D eigenvalue weighted by molar-refractivity contribution is 5.87. The van der Waals surface area contributed by atoms with Gasteiger partial charge >= 0.3 is 0 Å². The molecule has 1 aliphatic rings. The van der Waals surface area contributed by atoms with Gasteiger partial charge in [-0.25, -0.2) is 9.97 Å². The van der Waals surface area contributed by atoms with E-state index in [2.05, 4.69) is 47.4 Å². The molecule has 37 heavy (non-hydrogen) atoms. The summed E-state index contributed by atoms with van der Waals surface area (Å²) in [4.78, 5) is 24.7. The van der Waals surface area contributed by atoms with Crippen LogP contribution in [0.3, 0.4) is 0 Å². The number of aliphatic hydroxyl groups excluding tert-OH is 1. The van der Waals surface area contributed by atoms with Crippen LogP contribution in [0.5, 0.6) is 11.5 Å². The van der Waals surface area contributed by atoms with Crippen molar-refractivity contribution in [2.24, 2.45) is 7.05 Å². The lowest BCUT2D eigenvalue weighted by molar-refractivity contribution is -0.114. The Bertz CT molecular complexity index is 1480. The fourth-order valence-corrected chi connectivity index (χ4v) is 4.56. The topological polar surface area (TPSA) is 132 Å². The quantitative estimate of drug-likeness (QED) is 0.353. The number of aromatic nitrogens is 6. The van der Waals surface area contributed by atoms with Gasteiger partial charge in [0.15, 0.2) is 17.2 Å². The van der Waals surface area contributed by atoms with Gasteiger partial charge in [-0.05, 0) is 25.8 Å². The molecule has 1 aliphatic carbocycles. The highest BCUT2D eigenvalue weighted by atomic mass is 16.5. The van der Waals surface area contributed by atoms with Gasteiger partial charge in [0, 0.05) is 49.0 Å². The number of nitrogens with zero attached hydrogens (tertiary/aromatic N) is 6. The lowest BCUT2D eigenvalue weighted by atomic mass is 9.87. The van der Waals surface area contributed by atoms with Gasteiger partial charge in [-0.15, -0.1) is 0 Å². The average Bonchev–Trinajstić information content (AvgIpc) is 3.35. The number of imidazole rings is 1. The third-order valence-corrected chi connectivity index (χ3v) is 6.55. The zero-order chi connectivity index (χ0) is 26.5. The summed E-state index contributed by atoms with van der Waals surface area (Å²) in [6.07, 6.45) is 4.39. The number of pyridine rings is 2. The maximum atomic E-state index is 11.4. The standard InChI is InChI=1S/C26H32N8O3/c1-14-19(37-18-7-8-27-21(11-18)29-15(2)35)13-28-24-23(14)33(6)25(31-24)30-22-12-20(26(3,4)5)34(32-22)16-9-17(36)10-16/h7-8,11-13,16-17,36H,9-10H2,1-6H3,(H,27,29,35)(H,28,30,31,32)/t16-,17-. The first kappa shape index (κ1) is 24.7. The average molecular weight is 505 g/mol. The van der Waals surface area contributed by atoms with Gasteiger partial charge in [0.1, 0.15) is 11.6 Å². The summed E-state index contributed by atoms with van der Waals surface area (Å²) < 4.78 is 10.1. The number of ether oxygens (including phenoxy) is 1. The number of aryl methyl sites for hydroxylation is 2. The second-order valence-corrected chi connectivity index (χ2v) is 10.6. The second kappa shape index (κ2) is 9.15. The second-order valence-electron chi connectivity index (χ2n) is 10.6. The largest absolute Gasteiger partial charge is 0.455 e. The van der Waals surface area contributed by atoms with Crippen molar-refractivity contribution >= 4 is 34.7 Å². The molecule has 4 aromatic rings. The number of carbonyl (C=O) groups excluding carboxylic acids is 1. The molecule has 0 spiro atoms. The Kier molecular flexibility index (Phi) is 6.10. The van der Waals surface area contributed by atoms with E-state index in [1.165, 1.54) is 6.92 Å². The highest BCUT2D eigenvalue weighted by Crippen LogP contribution is 2.38. The number of hydrogen-bond acceptors (Lipinski definition) is 8. The van der Waals surface area contributed by atoms with Crippen LogP contribution in [0.1, 0.15) is 57.8 Å². The van der Waals surface area contributed by atoms with Gasteiger partial charge in [0.2, 0.25) is 11.9 Å². The number of nitrogens with one attached hydrogen (secondary N) is 2. The third-order valence-electron chi connectivity index (χ3n) is 6.55. The summed E-state index contributed by atoms with van der Waals surface area (Å²) in [6.45, 7) is 9.86. The van der Waals surface area contributed by atoms with E-state index < -0.39 is 0 Å². The molecule has 11 nitrogen and oxygen atoms in total. The molecular weight excluding hydrogens is 472 g/mol. The molecule has 0 radical (unpaired) electrons. The molecule has 0 aliphatic heterocycles. The van der Waals surface area contributed by atoms with E-state index in [4.69, 9.17) is 14.8 Å². The van der Waals surface area contributed by atoms with E-state index in [9.17, 15) is 9.90 Å². The van der Waals surface area contributed by atoms with Gasteiger partial charge in [-0.1, -0.05) is 20.8 Å². The molecule has 1 fully saturated rings. The van der Waals surface area contributed by atoms with Crippen LogP contribution in [0.15, 0.2) is 30.6 Å². The molecule has 0 atom stereocenters. The van der Waals surface area contributed by atoms with Crippen molar-refractivity contribution in [3.8, 4) is 11.5 Å². The fraction of sp³-hybridized carbons (Fsp3) is 0.423. The fourth-order valence-electron chi connectivity index (χ4n) is 4.56. The number of aliphatic hydroxyl groups is 1. The van der Waals surface area contributed by atoms with Gasteiger partial charge < -0.3 is 25.0 Å². The van der Waals surface area contributed by atoms with E-state index in [1.807, 2.05) is 23.2 Å². The Morgan fingerprint density at radius 3 is 2.62 bits per heavy atom. The SMILES string of the molecule is CC(=O)Nc1cc(Oc2cnc3nc(Nc4cc(C(C)(C)C)n([C@H]5C[C@H](O)C5)n4)n(C)c3c2C)ccn1. The van der Waals surface area contributed by atoms with Gasteiger partial charge in [0.25, 0.3) is 0 Å². The van der Waals surface area contributed by atoms with Crippen LogP contribution >= 0.6 is 0 Å². The van der Waals surface area contributed by atoms with E-state index in [-0.39, 0.29) is 23.5 Å². The van der Waals surface area contributed by atoms with Crippen LogP contribution in [-0.2, 0) is 17.3 Å². The molecule has 4 heterocycles. The lowest BCUT2D eigenvalue weighted by Gasteiger charge is -2.34. The molecule has 1 saturated carbocycles. The Morgan fingerprint density at radius 1 is 1.19 bits per heavy atom. The van der Waals surface area contributed by atoms with Gasteiger partial charge in [0.05, 0.1) is 23.9 Å². The summed E-state index contributed by atoms with van der Waals surface area (Å²) >= 11 is 0. The lowest BCUT2D eigenvalue weighted by Crippen LogP contribution is -2.34. The molecule has 3 N–H and O–H groups in total. The van der Waals surface area contributed by atoms with Crippen molar-refractivity contribution in [1.82, 2.24) is 29.3 Å². The summed E-state index contributed by atoms with van der Waals surface area (Å²) in [5.41, 5.74) is 3.29. The first-order valence-electron chi connectivity index (χ1n) is 12.3. The van der Waals surface area contributed by atoms with Crippen LogP contribution in [0.2, 0.25) is 0 Å². The number of hydrogen-bond donors (Lipinski definition) is 3. The molecule has 11 heteroatoms. The van der Waals surface area contributed by atoms with E-state index in [1.54, 1.807) is 24.5 Å². The van der Waals surface area contributed by atoms with Crippen molar-refractivity contribution in [3.63, 3.8) is 0 Å². The maximum absolute atomic E-state index is 11.4. The van der Waals surface area contributed by atoms with Crippen LogP contribution in [0.4, 0.5) is 17.6 Å². The first-order chi connectivity index (χ1) is 17.5. The third kappa shape index (κ3) is 4.86. The van der Waals surface area contributed by atoms with Crippen molar-refractivity contribution in [1.29, 1.82) is 0 Å². The minimum absolute atomic E-state index is 0.100. The summed E-state index contributed by atoms with van der Waals surface area (Å²) in [5.74, 6) is 2.62. The molecule has 4 aromatic heterocycles. The smallest absolute Gasteiger partial charge is 0.222 e. The Labute approximate surface area is 214 Å². The van der Waals surface area contributed by atoms with Crippen molar-refractivity contribution in [2.45, 2.75) is 65.0 Å². The zero-order valence-electron chi connectivity index (χ0n) is 21.9. The predicted octanol–water partition coefficient (Wildman–Crippen LogP) is 4.36. The summed E-state index contributed by atoms with van der Waals surface area (Å²) in [6, 6.07) is 5.62. The number of carbonyl (C=O) groups is 1. The molecule has 0 aromatic carbocycles. The Balaban J connectivity index is 1.43. The number of fused-ring (bicyclic) bond motifs is 1. The minimum atomic E-state index is -0.257. The van der Waals surface area contributed by atoms with E-state index >= 15 is 0 Å². The van der Waals surface area contributed by atoms with Crippen molar-refractivity contribution in [3.05, 3.63) is 41.9 Å². The molecule has 0 unspecified atom stereocenters. The van der Waals surface area contributed by atoms with E-state index in [0.29, 0.717) is 47.6 Å². The first-order valence-corrected chi connectivity index (χ1v) is 12.3. The van der Waals surface area contributed by atoms with Crippen LogP contribution in [0, 0.1) is 6.92 Å². The molecule has 0 bridgehead atoms. The molecule has 5 rings (SSSR count). The van der Waals surface area contributed by atoms with Crippen molar-refractivity contribution < 1.29 is 14.6 Å². The van der Waals surface area contributed by atoms with E-state index in [0.717, 1.165) is 16.8 Å². The summed E-state index contributed by atoms with van der Waals surface area (Å²) in [7, 11) is 1.92. The Hall–Kier alpha value is -3.99. The number of amides is 1. The van der Waals surface area contributed by atoms with Gasteiger partial charge in [-0.2, -0.15) is 10.1 Å². The van der Waals surface area contributed by atoms with Gasteiger partial charge in [-0.3, -0.25) is 9.48 Å². The monoisotopic (exact) mass is 504 g/mol. The maximum Gasteiger partial charge on any atom is 0.222 e. The molecular formula is C26H32N8O3. The minimum Gasteiger partial charge on any atom is -0.455 e. The number of anilines is 3. The normalized spacial score (nSPS) is 17.5. The summed E-state index contributed by atoms with van der Waals surface area (Å²) in [5, 5.41) is 20.7. The van der Waals surface area contributed by atoms with Crippen LogP contribution < -0.4 is 15.4 Å². The Morgan fingerprint density at radius 2 is 1.95 bits per heavy atom. The van der Waals surface area contributed by atoms with Crippen molar-refractivity contribution in [2.75, 3.05) is 10.6 Å². The predicted molar refractivity (Wildman–Crippen MR) is 140 cm³/mol. The van der Waals surface area contributed by atoms with Crippen LogP contribution in [-0.4, -0.2) is 46.4 Å². The van der Waals surface area contributed by atoms with Crippen LogP contribution in [0.25, 0.3) is 11.2 Å². The molecule has 0 saturated heterocycles.